The predicted octanol–water partition coefficient (Wildman–Crippen LogP) is 3.94. The van der Waals surface area contributed by atoms with Crippen molar-refractivity contribution in [3.63, 3.8) is 0 Å². The fourth-order valence-electron chi connectivity index (χ4n) is 2.56. The van der Waals surface area contributed by atoms with Crippen LogP contribution in [0.15, 0.2) is 42.5 Å². The summed E-state index contributed by atoms with van der Waals surface area (Å²) < 4.78 is 49.8. The molecule has 0 heterocycles. The Morgan fingerprint density at radius 2 is 1.85 bits per heavy atom. The molecule has 0 aliphatic carbocycles. The Kier molecular flexibility index (Phi) is 6.88. The minimum Gasteiger partial charge on any atom is -0.493 e. The number of nitrogens with one attached hydrogen (secondary N) is 1. The van der Waals surface area contributed by atoms with Gasteiger partial charge >= 0.3 is 6.18 Å². The quantitative estimate of drug-likeness (QED) is 0.740. The van der Waals surface area contributed by atoms with Crippen LogP contribution in [0.1, 0.15) is 29.7 Å². The van der Waals surface area contributed by atoms with Gasteiger partial charge in [0, 0.05) is 12.6 Å². The van der Waals surface area contributed by atoms with E-state index in [1.807, 2.05) is 13.0 Å². The maximum atomic E-state index is 13.1. The van der Waals surface area contributed by atoms with Crippen LogP contribution in [0, 0.1) is 0 Å². The lowest BCUT2D eigenvalue weighted by molar-refractivity contribution is -0.138. The molecule has 0 amide bonds. The van der Waals surface area contributed by atoms with Crippen LogP contribution in [0.2, 0.25) is 0 Å². The molecule has 0 spiro atoms. The molecule has 142 valence electrons. The zero-order valence-electron chi connectivity index (χ0n) is 14.6. The van der Waals surface area contributed by atoms with E-state index in [0.29, 0.717) is 11.5 Å². The number of aliphatic hydroxyl groups excluding tert-OH is 1. The predicted molar refractivity (Wildman–Crippen MR) is 92.3 cm³/mol. The summed E-state index contributed by atoms with van der Waals surface area (Å²) in [6.07, 6.45) is -4.38. The summed E-state index contributed by atoms with van der Waals surface area (Å²) in [5, 5.41) is 11.9. The minimum atomic E-state index is -4.38. The normalized spacial score (nSPS) is 12.7. The molecule has 1 unspecified atom stereocenters. The van der Waals surface area contributed by atoms with E-state index >= 15 is 0 Å². The SMILES string of the molecule is COc1cc(C(C)NCc2ccccc2C(F)(F)F)ccc1OCCO. The van der Waals surface area contributed by atoms with E-state index in [4.69, 9.17) is 14.6 Å². The standard InChI is InChI=1S/C19H22F3NO3/c1-13(14-7-8-17(26-10-9-24)18(11-14)25-2)23-12-15-5-3-4-6-16(15)19(20,21)22/h3-8,11,13,23-24H,9-10,12H2,1-2H3. The zero-order chi connectivity index (χ0) is 19.2. The summed E-state index contributed by atoms with van der Waals surface area (Å²) in [6.45, 7) is 1.99. The summed E-state index contributed by atoms with van der Waals surface area (Å²) in [5.74, 6) is 1.00. The van der Waals surface area contributed by atoms with Crippen LogP contribution in [0.4, 0.5) is 13.2 Å². The van der Waals surface area contributed by atoms with E-state index in [9.17, 15) is 13.2 Å². The lowest BCUT2D eigenvalue weighted by atomic mass is 10.0. The number of benzene rings is 2. The van der Waals surface area contributed by atoms with Crippen LogP contribution < -0.4 is 14.8 Å². The topological polar surface area (TPSA) is 50.7 Å². The van der Waals surface area contributed by atoms with E-state index in [-0.39, 0.29) is 31.4 Å². The molecule has 1 atom stereocenters. The molecular weight excluding hydrogens is 347 g/mol. The van der Waals surface area contributed by atoms with Gasteiger partial charge < -0.3 is 19.9 Å². The van der Waals surface area contributed by atoms with E-state index in [1.165, 1.54) is 19.2 Å². The molecule has 0 saturated heterocycles. The molecule has 0 saturated carbocycles. The molecule has 2 rings (SSSR count). The van der Waals surface area contributed by atoms with Gasteiger partial charge in [-0.3, -0.25) is 0 Å². The summed E-state index contributed by atoms with van der Waals surface area (Å²) in [4.78, 5) is 0. The van der Waals surface area contributed by atoms with Crippen molar-refractivity contribution in [3.8, 4) is 11.5 Å². The molecule has 0 fully saturated rings. The molecule has 2 aromatic carbocycles. The molecular formula is C19H22F3NO3. The van der Waals surface area contributed by atoms with Gasteiger partial charge in [-0.25, -0.2) is 0 Å². The number of halogens is 3. The van der Waals surface area contributed by atoms with Gasteiger partial charge in [-0.05, 0) is 36.2 Å². The van der Waals surface area contributed by atoms with Gasteiger partial charge in [0.05, 0.1) is 19.3 Å². The van der Waals surface area contributed by atoms with E-state index in [2.05, 4.69) is 5.32 Å². The van der Waals surface area contributed by atoms with Crippen LogP contribution in [0.5, 0.6) is 11.5 Å². The second-order valence-electron chi connectivity index (χ2n) is 5.74. The molecule has 2 aromatic rings. The van der Waals surface area contributed by atoms with Crippen LogP contribution in [-0.4, -0.2) is 25.4 Å². The Hall–Kier alpha value is -2.25. The first-order valence-electron chi connectivity index (χ1n) is 8.17. The maximum absolute atomic E-state index is 13.1. The molecule has 0 bridgehead atoms. The minimum absolute atomic E-state index is 0.0852. The fraction of sp³-hybridized carbons (Fsp3) is 0.368. The summed E-state index contributed by atoms with van der Waals surface area (Å²) in [5.41, 5.74) is 0.412. The average Bonchev–Trinajstić information content (AvgIpc) is 2.63. The Morgan fingerprint density at radius 3 is 2.50 bits per heavy atom. The van der Waals surface area contributed by atoms with Crippen molar-refractivity contribution in [2.75, 3.05) is 20.3 Å². The van der Waals surface area contributed by atoms with Gasteiger partial charge in [0.15, 0.2) is 11.5 Å². The fourth-order valence-corrected chi connectivity index (χ4v) is 2.56. The second-order valence-corrected chi connectivity index (χ2v) is 5.74. The van der Waals surface area contributed by atoms with E-state index < -0.39 is 11.7 Å². The Labute approximate surface area is 150 Å². The van der Waals surface area contributed by atoms with Crippen molar-refractivity contribution < 1.29 is 27.8 Å². The van der Waals surface area contributed by atoms with Crippen molar-refractivity contribution in [3.05, 3.63) is 59.2 Å². The third-order valence-corrected chi connectivity index (χ3v) is 3.96. The first-order chi connectivity index (χ1) is 12.4. The van der Waals surface area contributed by atoms with E-state index in [0.717, 1.165) is 11.6 Å². The number of alkyl halides is 3. The van der Waals surface area contributed by atoms with Crippen LogP contribution in [0.25, 0.3) is 0 Å². The Bertz CT molecular complexity index is 719. The Morgan fingerprint density at radius 1 is 1.12 bits per heavy atom. The van der Waals surface area contributed by atoms with Crippen molar-refractivity contribution in [2.45, 2.75) is 25.7 Å². The van der Waals surface area contributed by atoms with Gasteiger partial charge in [0.2, 0.25) is 0 Å². The van der Waals surface area contributed by atoms with Gasteiger partial charge in [0.25, 0.3) is 0 Å². The molecule has 7 heteroatoms. The molecule has 4 nitrogen and oxygen atoms in total. The van der Waals surface area contributed by atoms with Crippen LogP contribution >= 0.6 is 0 Å². The van der Waals surface area contributed by atoms with Crippen molar-refractivity contribution >= 4 is 0 Å². The highest BCUT2D eigenvalue weighted by Gasteiger charge is 2.32. The number of hydrogen-bond donors (Lipinski definition) is 2. The number of aliphatic hydroxyl groups is 1. The summed E-state index contributed by atoms with van der Waals surface area (Å²) >= 11 is 0. The largest absolute Gasteiger partial charge is 0.493 e. The van der Waals surface area contributed by atoms with Crippen molar-refractivity contribution in [1.82, 2.24) is 5.32 Å². The van der Waals surface area contributed by atoms with E-state index in [1.54, 1.807) is 18.2 Å². The second kappa shape index (κ2) is 8.91. The lowest BCUT2D eigenvalue weighted by Crippen LogP contribution is -2.20. The summed E-state index contributed by atoms with van der Waals surface area (Å²) in [7, 11) is 1.50. The number of hydrogen-bond acceptors (Lipinski definition) is 4. The highest BCUT2D eigenvalue weighted by molar-refractivity contribution is 5.43. The Balaban J connectivity index is 2.10. The third-order valence-electron chi connectivity index (χ3n) is 3.96. The molecule has 0 radical (unpaired) electrons. The number of ether oxygens (including phenoxy) is 2. The highest BCUT2D eigenvalue weighted by atomic mass is 19.4. The molecule has 0 aliphatic rings. The first-order valence-corrected chi connectivity index (χ1v) is 8.17. The van der Waals surface area contributed by atoms with Crippen LogP contribution in [0.3, 0.4) is 0 Å². The number of rotatable bonds is 8. The van der Waals surface area contributed by atoms with Crippen LogP contribution in [-0.2, 0) is 12.7 Å². The lowest BCUT2D eigenvalue weighted by Gasteiger charge is -2.19. The molecule has 2 N–H and O–H groups in total. The van der Waals surface area contributed by atoms with Gasteiger partial charge in [-0.15, -0.1) is 0 Å². The highest BCUT2D eigenvalue weighted by Crippen LogP contribution is 2.33. The van der Waals surface area contributed by atoms with Gasteiger partial charge in [0.1, 0.15) is 6.61 Å². The maximum Gasteiger partial charge on any atom is 0.416 e. The average molecular weight is 369 g/mol. The van der Waals surface area contributed by atoms with Crippen molar-refractivity contribution in [1.29, 1.82) is 0 Å². The monoisotopic (exact) mass is 369 g/mol. The molecule has 0 aliphatic heterocycles. The van der Waals surface area contributed by atoms with Gasteiger partial charge in [-0.1, -0.05) is 24.3 Å². The molecule has 0 aromatic heterocycles. The zero-order valence-corrected chi connectivity index (χ0v) is 14.6. The smallest absolute Gasteiger partial charge is 0.416 e. The number of methoxy groups -OCH3 is 1. The molecule has 26 heavy (non-hydrogen) atoms. The van der Waals surface area contributed by atoms with Gasteiger partial charge in [-0.2, -0.15) is 13.2 Å². The third kappa shape index (κ3) is 5.12. The summed E-state index contributed by atoms with van der Waals surface area (Å²) in [6, 6.07) is 10.6. The first kappa shape index (κ1) is 20.1. The van der Waals surface area contributed by atoms with Crippen molar-refractivity contribution in [2.24, 2.45) is 0 Å².